The van der Waals surface area contributed by atoms with Gasteiger partial charge in [-0.1, -0.05) is 51.2 Å². The van der Waals surface area contributed by atoms with Gasteiger partial charge in [-0.15, -0.1) is 5.73 Å². The number of unbranched alkanes of at least 4 members (excludes halogenated alkanes) is 5. The van der Waals surface area contributed by atoms with Gasteiger partial charge >= 0.3 is 0 Å². The van der Waals surface area contributed by atoms with E-state index in [4.69, 9.17) is 0 Å². The molecule has 0 heterocycles. The highest BCUT2D eigenvalue weighted by Crippen LogP contribution is 2.09. The number of allylic oxidation sites excluding steroid dienone is 3. The average Bonchev–Trinajstić information content (AvgIpc) is 2.88. The first-order chi connectivity index (χ1) is 8.83. The Balaban J connectivity index is 1.90. The molecule has 0 bridgehead atoms. The summed E-state index contributed by atoms with van der Waals surface area (Å²) >= 11 is 0. The zero-order chi connectivity index (χ0) is 13.1. The van der Waals surface area contributed by atoms with E-state index in [0.29, 0.717) is 6.42 Å². The van der Waals surface area contributed by atoms with E-state index < -0.39 is 0 Å². The molecule has 0 unspecified atom stereocenters. The summed E-state index contributed by atoms with van der Waals surface area (Å²) in [6, 6.07) is 0. The Morgan fingerprint density at radius 3 is 2.72 bits per heavy atom. The summed E-state index contributed by atoms with van der Waals surface area (Å²) in [6.45, 7) is 3.06. The van der Waals surface area contributed by atoms with Crippen LogP contribution in [0.4, 0.5) is 0 Å². The maximum absolute atomic E-state index is 11.5. The first kappa shape index (κ1) is 14.8. The summed E-state index contributed by atoms with van der Waals surface area (Å²) < 4.78 is 0. The molecule has 0 saturated carbocycles. The largest absolute Gasteiger partial charge is 0.356 e. The second-order valence-corrected chi connectivity index (χ2v) is 4.81. The van der Waals surface area contributed by atoms with Gasteiger partial charge in [-0.3, -0.25) is 4.79 Å². The number of carbonyl (C=O) groups excluding carboxylic acids is 1. The SMILES string of the molecule is CCCCCCCCNC(=O)CCC1=C=CC=C1. The van der Waals surface area contributed by atoms with Crippen LogP contribution in [-0.4, -0.2) is 12.5 Å². The Labute approximate surface area is 111 Å². The summed E-state index contributed by atoms with van der Waals surface area (Å²) in [5.74, 6) is 0.165. The van der Waals surface area contributed by atoms with Gasteiger partial charge in [0.2, 0.25) is 5.91 Å². The Morgan fingerprint density at radius 1 is 1.22 bits per heavy atom. The third-order valence-corrected chi connectivity index (χ3v) is 3.14. The van der Waals surface area contributed by atoms with Gasteiger partial charge in [0.05, 0.1) is 0 Å². The van der Waals surface area contributed by atoms with Crippen LogP contribution in [-0.2, 0) is 4.79 Å². The molecule has 1 aliphatic carbocycles. The van der Waals surface area contributed by atoms with Crippen LogP contribution in [0.3, 0.4) is 0 Å². The minimum atomic E-state index is 0.165. The fourth-order valence-corrected chi connectivity index (χ4v) is 1.99. The number of amides is 1. The fraction of sp³-hybridized carbons (Fsp3) is 0.625. The Bertz CT molecular complexity index is 335. The van der Waals surface area contributed by atoms with Gasteiger partial charge in [0, 0.05) is 13.0 Å². The van der Waals surface area contributed by atoms with Crippen molar-refractivity contribution in [2.45, 2.75) is 58.3 Å². The molecule has 0 aromatic rings. The molecule has 1 N–H and O–H groups in total. The lowest BCUT2D eigenvalue weighted by molar-refractivity contribution is -0.121. The van der Waals surface area contributed by atoms with Crippen LogP contribution in [0.2, 0.25) is 0 Å². The molecule has 100 valence electrons. The standard InChI is InChI=1S/C16H25NO/c1-2-3-4-5-6-9-14-17-16(18)13-12-15-10-7-8-11-15/h7-8,10H,2-6,9,12-14H2,1H3,(H,17,18). The predicted molar refractivity (Wildman–Crippen MR) is 76.4 cm³/mol. The average molecular weight is 247 g/mol. The van der Waals surface area contributed by atoms with Gasteiger partial charge in [0.1, 0.15) is 0 Å². The molecule has 0 aromatic heterocycles. The van der Waals surface area contributed by atoms with E-state index in [-0.39, 0.29) is 5.91 Å². The van der Waals surface area contributed by atoms with Crippen molar-refractivity contribution in [3.8, 4) is 0 Å². The zero-order valence-corrected chi connectivity index (χ0v) is 11.5. The molecule has 2 heteroatoms. The maximum Gasteiger partial charge on any atom is 0.220 e. The molecule has 0 spiro atoms. The van der Waals surface area contributed by atoms with E-state index in [0.717, 1.165) is 25.0 Å². The van der Waals surface area contributed by atoms with Crippen molar-refractivity contribution >= 4 is 5.91 Å². The Hall–Kier alpha value is -1.27. The predicted octanol–water partition coefficient (Wildman–Crippen LogP) is 3.89. The Morgan fingerprint density at radius 2 is 2.00 bits per heavy atom. The van der Waals surface area contributed by atoms with Crippen molar-refractivity contribution < 1.29 is 4.79 Å². The monoisotopic (exact) mass is 247 g/mol. The highest BCUT2D eigenvalue weighted by atomic mass is 16.1. The van der Waals surface area contributed by atoms with Crippen LogP contribution in [0.25, 0.3) is 0 Å². The molecule has 1 amide bonds. The van der Waals surface area contributed by atoms with E-state index >= 15 is 0 Å². The fourth-order valence-electron chi connectivity index (χ4n) is 1.99. The number of carbonyl (C=O) groups is 1. The molecule has 0 fully saturated rings. The minimum absolute atomic E-state index is 0.165. The summed E-state index contributed by atoms with van der Waals surface area (Å²) in [5.41, 5.74) is 4.24. The lowest BCUT2D eigenvalue weighted by Gasteiger charge is -2.04. The first-order valence-electron chi connectivity index (χ1n) is 7.22. The van der Waals surface area contributed by atoms with E-state index in [1.807, 2.05) is 18.2 Å². The van der Waals surface area contributed by atoms with Gasteiger partial charge in [0.15, 0.2) is 0 Å². The number of nitrogens with one attached hydrogen (secondary N) is 1. The number of hydrogen-bond donors (Lipinski definition) is 1. The van der Waals surface area contributed by atoms with E-state index in [1.165, 1.54) is 32.1 Å². The topological polar surface area (TPSA) is 29.1 Å². The highest BCUT2D eigenvalue weighted by molar-refractivity contribution is 5.76. The van der Waals surface area contributed by atoms with Gasteiger partial charge in [0.25, 0.3) is 0 Å². The molecule has 1 rings (SSSR count). The summed E-state index contributed by atoms with van der Waals surface area (Å²) in [5, 5.41) is 2.98. The first-order valence-corrected chi connectivity index (χ1v) is 7.22. The third-order valence-electron chi connectivity index (χ3n) is 3.14. The van der Waals surface area contributed by atoms with Crippen molar-refractivity contribution in [1.29, 1.82) is 0 Å². The molecule has 18 heavy (non-hydrogen) atoms. The van der Waals surface area contributed by atoms with Crippen LogP contribution in [0, 0.1) is 0 Å². The maximum atomic E-state index is 11.5. The van der Waals surface area contributed by atoms with Gasteiger partial charge in [-0.05, 0) is 24.5 Å². The number of hydrogen-bond acceptors (Lipinski definition) is 1. The molecule has 0 radical (unpaired) electrons. The summed E-state index contributed by atoms with van der Waals surface area (Å²) in [7, 11) is 0. The third kappa shape index (κ3) is 7.13. The molecule has 0 atom stereocenters. The molecule has 0 aromatic carbocycles. The van der Waals surface area contributed by atoms with Gasteiger partial charge in [-0.2, -0.15) is 0 Å². The van der Waals surface area contributed by atoms with Crippen LogP contribution in [0.15, 0.2) is 29.5 Å². The van der Waals surface area contributed by atoms with Crippen LogP contribution in [0.5, 0.6) is 0 Å². The van der Waals surface area contributed by atoms with Crippen molar-refractivity contribution in [3.63, 3.8) is 0 Å². The van der Waals surface area contributed by atoms with Crippen LogP contribution in [0.1, 0.15) is 58.3 Å². The molecule has 0 saturated heterocycles. The van der Waals surface area contributed by atoms with E-state index in [1.54, 1.807) is 0 Å². The van der Waals surface area contributed by atoms with Crippen molar-refractivity contribution in [3.05, 3.63) is 29.5 Å². The molecular formula is C16H25NO. The van der Waals surface area contributed by atoms with Crippen molar-refractivity contribution in [2.75, 3.05) is 6.54 Å². The quantitative estimate of drug-likeness (QED) is 0.460. The van der Waals surface area contributed by atoms with Gasteiger partial charge in [-0.25, -0.2) is 0 Å². The smallest absolute Gasteiger partial charge is 0.220 e. The highest BCUT2D eigenvalue weighted by Gasteiger charge is 2.02. The van der Waals surface area contributed by atoms with Gasteiger partial charge < -0.3 is 5.32 Å². The second-order valence-electron chi connectivity index (χ2n) is 4.81. The Kier molecular flexibility index (Phi) is 7.99. The van der Waals surface area contributed by atoms with Crippen LogP contribution < -0.4 is 5.32 Å². The molecule has 0 aliphatic heterocycles. The summed E-state index contributed by atoms with van der Waals surface area (Å²) in [4.78, 5) is 11.5. The number of rotatable bonds is 10. The van der Waals surface area contributed by atoms with E-state index in [9.17, 15) is 4.79 Å². The van der Waals surface area contributed by atoms with E-state index in [2.05, 4.69) is 18.0 Å². The molecular weight excluding hydrogens is 222 g/mol. The lowest BCUT2D eigenvalue weighted by atomic mass is 10.1. The van der Waals surface area contributed by atoms with Crippen molar-refractivity contribution in [1.82, 2.24) is 5.32 Å². The van der Waals surface area contributed by atoms with Crippen LogP contribution >= 0.6 is 0 Å². The molecule has 1 aliphatic rings. The second kappa shape index (κ2) is 9.73. The zero-order valence-electron chi connectivity index (χ0n) is 11.5. The normalized spacial score (nSPS) is 12.8. The summed E-state index contributed by atoms with van der Waals surface area (Å²) in [6.07, 6.45) is 14.8. The molecule has 2 nitrogen and oxygen atoms in total. The van der Waals surface area contributed by atoms with Crippen molar-refractivity contribution in [2.24, 2.45) is 0 Å². The lowest BCUT2D eigenvalue weighted by Crippen LogP contribution is -2.24. The minimum Gasteiger partial charge on any atom is -0.356 e.